The van der Waals surface area contributed by atoms with Crippen LogP contribution in [0.25, 0.3) is 0 Å². The van der Waals surface area contributed by atoms with Gasteiger partial charge in [0.15, 0.2) is 0 Å². The van der Waals surface area contributed by atoms with E-state index in [2.05, 4.69) is 43.9 Å². The Balaban J connectivity index is 2.02. The number of amides is 1. The van der Waals surface area contributed by atoms with Gasteiger partial charge < -0.3 is 10.1 Å². The molecule has 0 unspecified atom stereocenters. The van der Waals surface area contributed by atoms with Crippen LogP contribution in [0.15, 0.2) is 54.6 Å². The Bertz CT molecular complexity index is 885. The molecule has 0 radical (unpaired) electrons. The van der Waals surface area contributed by atoms with Crippen molar-refractivity contribution < 1.29 is 9.53 Å². The van der Waals surface area contributed by atoms with Crippen LogP contribution in [-0.4, -0.2) is 13.0 Å². The van der Waals surface area contributed by atoms with Crippen LogP contribution in [0.5, 0.6) is 5.75 Å². The van der Waals surface area contributed by atoms with Gasteiger partial charge in [-0.15, -0.1) is 0 Å². The van der Waals surface area contributed by atoms with Gasteiger partial charge in [-0.05, 0) is 48.2 Å². The van der Waals surface area contributed by atoms with E-state index in [0.29, 0.717) is 0 Å². The molecule has 1 amide bonds. The minimum Gasteiger partial charge on any atom is -0.497 e. The van der Waals surface area contributed by atoms with Crippen molar-refractivity contribution in [2.75, 3.05) is 7.11 Å². The Morgan fingerprint density at radius 3 is 2.54 bits per heavy atom. The van der Waals surface area contributed by atoms with Crippen molar-refractivity contribution in [1.29, 1.82) is 0 Å². The molecule has 1 aliphatic carbocycles. The Labute approximate surface area is 142 Å². The zero-order chi connectivity index (χ0) is 17.1. The van der Waals surface area contributed by atoms with Gasteiger partial charge in [-0.1, -0.05) is 43.3 Å². The highest BCUT2D eigenvalue weighted by Gasteiger charge is 2.55. The fourth-order valence-corrected chi connectivity index (χ4v) is 4.32. The van der Waals surface area contributed by atoms with Crippen LogP contribution in [0.1, 0.15) is 47.3 Å². The first-order valence-corrected chi connectivity index (χ1v) is 8.19. The lowest BCUT2D eigenvalue weighted by atomic mass is 9.76. The average Bonchev–Trinajstić information content (AvgIpc) is 3.01. The van der Waals surface area contributed by atoms with Gasteiger partial charge in [0.2, 0.25) is 0 Å². The number of benzene rings is 2. The van der Waals surface area contributed by atoms with Gasteiger partial charge in [-0.2, -0.15) is 0 Å². The van der Waals surface area contributed by atoms with Gasteiger partial charge in [0.1, 0.15) is 5.75 Å². The number of ether oxygens (including phenoxy) is 1. The summed E-state index contributed by atoms with van der Waals surface area (Å²) in [6.07, 6.45) is 0.778. The molecule has 1 spiro atoms. The molecule has 4 rings (SSSR count). The van der Waals surface area contributed by atoms with Crippen molar-refractivity contribution in [1.82, 2.24) is 5.32 Å². The first-order chi connectivity index (χ1) is 11.4. The molecule has 122 valence electrons. The maximum Gasteiger partial charge on any atom is 0.252 e. The average molecular weight is 319 g/mol. The van der Waals surface area contributed by atoms with Crippen LogP contribution in [-0.2, 0) is 11.0 Å². The van der Waals surface area contributed by atoms with E-state index < -0.39 is 5.54 Å². The number of allylic oxidation sites excluding steroid dienone is 1. The normalized spacial score (nSPS) is 26.9. The van der Waals surface area contributed by atoms with E-state index >= 15 is 0 Å². The number of hydrogen-bond acceptors (Lipinski definition) is 2. The zero-order valence-electron chi connectivity index (χ0n) is 14.3. The summed E-state index contributed by atoms with van der Waals surface area (Å²) in [7, 11) is 1.65. The lowest BCUT2D eigenvalue weighted by Gasteiger charge is -2.31. The van der Waals surface area contributed by atoms with Crippen molar-refractivity contribution in [2.24, 2.45) is 0 Å². The summed E-state index contributed by atoms with van der Waals surface area (Å²) in [6, 6.07) is 14.1. The summed E-state index contributed by atoms with van der Waals surface area (Å²) in [4.78, 5) is 12.6. The standard InChI is InChI=1S/C21H21NO2/c1-13(2)20(3)12-21(17-8-6-5-7-16(17)20)18-11-14(24-4)9-10-15(18)19(23)22-21/h5-11H,1,12H2,2-4H3,(H,22,23)/t20-,21-/m1/s1. The summed E-state index contributed by atoms with van der Waals surface area (Å²) >= 11 is 0. The Morgan fingerprint density at radius 1 is 1.17 bits per heavy atom. The molecular formula is C21H21NO2. The topological polar surface area (TPSA) is 38.3 Å². The van der Waals surface area contributed by atoms with Gasteiger partial charge in [0.25, 0.3) is 5.91 Å². The fraction of sp³-hybridized carbons (Fsp3) is 0.286. The van der Waals surface area contributed by atoms with Crippen LogP contribution in [0, 0.1) is 0 Å². The zero-order valence-corrected chi connectivity index (χ0v) is 14.3. The molecule has 0 aromatic heterocycles. The second-order valence-corrected chi connectivity index (χ2v) is 7.11. The van der Waals surface area contributed by atoms with Crippen LogP contribution < -0.4 is 10.1 Å². The molecule has 2 aromatic rings. The molecule has 0 saturated carbocycles. The van der Waals surface area contributed by atoms with Crippen molar-refractivity contribution in [2.45, 2.75) is 31.2 Å². The number of rotatable bonds is 2. The molecule has 2 atom stereocenters. The van der Waals surface area contributed by atoms with Gasteiger partial charge in [-0.3, -0.25) is 4.79 Å². The number of carbonyl (C=O) groups excluding carboxylic acids is 1. The first kappa shape index (κ1) is 15.0. The minimum atomic E-state index is -0.509. The fourth-order valence-electron chi connectivity index (χ4n) is 4.32. The quantitative estimate of drug-likeness (QED) is 0.852. The van der Waals surface area contributed by atoms with E-state index in [1.165, 1.54) is 5.56 Å². The lowest BCUT2D eigenvalue weighted by molar-refractivity contribution is 0.0938. The highest BCUT2D eigenvalue weighted by atomic mass is 16.5. The Kier molecular flexibility index (Phi) is 2.96. The summed E-state index contributed by atoms with van der Waals surface area (Å²) in [6.45, 7) is 8.52. The summed E-state index contributed by atoms with van der Waals surface area (Å²) in [5, 5.41) is 3.28. The highest BCUT2D eigenvalue weighted by Crippen LogP contribution is 2.56. The van der Waals surface area contributed by atoms with E-state index in [9.17, 15) is 4.79 Å². The molecule has 2 aromatic carbocycles. The van der Waals surface area contributed by atoms with Gasteiger partial charge in [0.05, 0.1) is 12.6 Å². The van der Waals surface area contributed by atoms with Crippen molar-refractivity contribution in [3.63, 3.8) is 0 Å². The van der Waals surface area contributed by atoms with Crippen molar-refractivity contribution in [3.05, 3.63) is 76.9 Å². The molecule has 0 saturated heterocycles. The summed E-state index contributed by atoms with van der Waals surface area (Å²) in [5.41, 5.74) is 4.57. The van der Waals surface area contributed by atoms with Crippen LogP contribution in [0.2, 0.25) is 0 Å². The number of nitrogens with one attached hydrogen (secondary N) is 1. The second-order valence-electron chi connectivity index (χ2n) is 7.11. The number of hydrogen-bond donors (Lipinski definition) is 1. The molecule has 0 fully saturated rings. The largest absolute Gasteiger partial charge is 0.497 e. The summed E-state index contributed by atoms with van der Waals surface area (Å²) < 4.78 is 5.41. The molecule has 3 heteroatoms. The van der Waals surface area contributed by atoms with Crippen molar-refractivity contribution in [3.8, 4) is 5.75 Å². The smallest absolute Gasteiger partial charge is 0.252 e. The van der Waals surface area contributed by atoms with E-state index in [4.69, 9.17) is 4.74 Å². The van der Waals surface area contributed by atoms with Crippen LogP contribution in [0.3, 0.4) is 0 Å². The van der Waals surface area contributed by atoms with E-state index in [-0.39, 0.29) is 11.3 Å². The lowest BCUT2D eigenvalue weighted by Crippen LogP contribution is -2.40. The molecule has 1 N–H and O–H groups in total. The second kappa shape index (κ2) is 4.73. The van der Waals surface area contributed by atoms with Gasteiger partial charge in [-0.25, -0.2) is 0 Å². The molecule has 3 nitrogen and oxygen atoms in total. The molecule has 2 aliphatic rings. The van der Waals surface area contributed by atoms with E-state index in [1.54, 1.807) is 7.11 Å². The molecule has 1 heterocycles. The van der Waals surface area contributed by atoms with Gasteiger partial charge >= 0.3 is 0 Å². The third-order valence-corrected chi connectivity index (χ3v) is 5.80. The molecule has 1 aliphatic heterocycles. The molecule has 0 bridgehead atoms. The van der Waals surface area contributed by atoms with E-state index in [1.807, 2.05) is 24.3 Å². The third kappa shape index (κ3) is 1.70. The SMILES string of the molecule is C=C(C)[C@@]1(C)C[C@@]2(NC(=O)c3ccc(OC)cc32)c2ccccc21. The Hall–Kier alpha value is -2.55. The highest BCUT2D eigenvalue weighted by molar-refractivity contribution is 6.01. The predicted octanol–water partition coefficient (Wildman–Crippen LogP) is 3.92. The predicted molar refractivity (Wildman–Crippen MR) is 94.5 cm³/mol. The van der Waals surface area contributed by atoms with Crippen molar-refractivity contribution >= 4 is 5.91 Å². The maximum absolute atomic E-state index is 12.6. The van der Waals surface area contributed by atoms with Crippen LogP contribution >= 0.6 is 0 Å². The molecule has 24 heavy (non-hydrogen) atoms. The van der Waals surface area contributed by atoms with Gasteiger partial charge in [0, 0.05) is 11.0 Å². The number of methoxy groups -OCH3 is 1. The third-order valence-electron chi connectivity index (χ3n) is 5.80. The minimum absolute atomic E-state index is 0.0200. The number of fused-ring (bicyclic) bond motifs is 4. The van der Waals surface area contributed by atoms with E-state index in [0.717, 1.165) is 34.4 Å². The van der Waals surface area contributed by atoms with Crippen LogP contribution in [0.4, 0.5) is 0 Å². The monoisotopic (exact) mass is 319 g/mol. The first-order valence-electron chi connectivity index (χ1n) is 8.19. The number of carbonyl (C=O) groups is 1. The summed E-state index contributed by atoms with van der Waals surface area (Å²) in [5.74, 6) is 0.749. The Morgan fingerprint density at radius 2 is 1.88 bits per heavy atom. The molecular weight excluding hydrogens is 298 g/mol. The maximum atomic E-state index is 12.6.